The Morgan fingerprint density at radius 1 is 1.16 bits per heavy atom. The summed E-state index contributed by atoms with van der Waals surface area (Å²) in [7, 11) is 0. The molecule has 7 heteroatoms. The zero-order valence-electron chi connectivity index (χ0n) is 18.6. The molecular weight excluding hydrogens is 422 g/mol. The van der Waals surface area contributed by atoms with Crippen LogP contribution in [-0.4, -0.2) is 21.1 Å². The zero-order valence-corrected chi connectivity index (χ0v) is 19.4. The van der Waals surface area contributed by atoms with E-state index in [2.05, 4.69) is 11.9 Å². The van der Waals surface area contributed by atoms with Crippen LogP contribution < -0.4 is 15.7 Å². The van der Waals surface area contributed by atoms with Gasteiger partial charge in [-0.3, -0.25) is 14.2 Å². The van der Waals surface area contributed by atoms with E-state index in [0.717, 1.165) is 21.7 Å². The number of fused-ring (bicyclic) bond motifs is 1. The summed E-state index contributed by atoms with van der Waals surface area (Å²) in [5, 5.41) is 0.628. The standard InChI is InChI=1S/C25H27N3O3S/c1-4-19-12-20-24(32-19)27-23(10-17-8-6-5-7-9-17)28(25(20)30)14-18-11-21(29)22(13-26-18)31-15-16(2)3/h5-9,11-13,16H,4,10,14-15H2,1-3H3,(H,26,29). The van der Waals surface area contributed by atoms with Crippen molar-refractivity contribution in [1.82, 2.24) is 14.5 Å². The van der Waals surface area contributed by atoms with Crippen molar-refractivity contribution in [3.8, 4) is 5.75 Å². The minimum absolute atomic E-state index is 0.0853. The van der Waals surface area contributed by atoms with Crippen LogP contribution in [0, 0.1) is 5.92 Å². The van der Waals surface area contributed by atoms with Crippen molar-refractivity contribution in [2.45, 2.75) is 40.2 Å². The highest BCUT2D eigenvalue weighted by atomic mass is 32.1. The van der Waals surface area contributed by atoms with Gasteiger partial charge in [-0.2, -0.15) is 0 Å². The van der Waals surface area contributed by atoms with E-state index in [1.165, 1.54) is 6.07 Å². The lowest BCUT2D eigenvalue weighted by molar-refractivity contribution is 0.267. The number of nitrogens with zero attached hydrogens (tertiary/aromatic N) is 2. The number of benzene rings is 1. The monoisotopic (exact) mass is 449 g/mol. The Bertz CT molecular complexity index is 1340. The van der Waals surface area contributed by atoms with Gasteiger partial charge in [0.15, 0.2) is 5.75 Å². The van der Waals surface area contributed by atoms with Crippen molar-refractivity contribution in [3.63, 3.8) is 0 Å². The highest BCUT2D eigenvalue weighted by Crippen LogP contribution is 2.23. The predicted octanol–water partition coefficient (Wildman–Crippen LogP) is 4.38. The normalized spacial score (nSPS) is 11.4. The van der Waals surface area contributed by atoms with Gasteiger partial charge in [-0.15, -0.1) is 11.3 Å². The number of ether oxygens (including phenoxy) is 1. The number of aromatic nitrogens is 3. The molecule has 0 spiro atoms. The van der Waals surface area contributed by atoms with E-state index in [4.69, 9.17) is 9.72 Å². The Morgan fingerprint density at radius 3 is 2.62 bits per heavy atom. The molecule has 0 unspecified atom stereocenters. The smallest absolute Gasteiger partial charge is 0.262 e. The van der Waals surface area contributed by atoms with E-state index in [-0.39, 0.29) is 17.5 Å². The second-order valence-corrected chi connectivity index (χ2v) is 9.37. The van der Waals surface area contributed by atoms with Crippen LogP contribution in [0.25, 0.3) is 10.2 Å². The molecule has 32 heavy (non-hydrogen) atoms. The van der Waals surface area contributed by atoms with Crippen LogP contribution in [0.5, 0.6) is 5.75 Å². The first-order chi connectivity index (χ1) is 15.4. The number of hydrogen-bond donors (Lipinski definition) is 1. The third-order valence-electron chi connectivity index (χ3n) is 5.17. The summed E-state index contributed by atoms with van der Waals surface area (Å²) in [5.74, 6) is 1.29. The maximum atomic E-state index is 13.4. The fourth-order valence-corrected chi connectivity index (χ4v) is 4.47. The maximum Gasteiger partial charge on any atom is 0.262 e. The molecule has 0 saturated carbocycles. The molecule has 0 saturated heterocycles. The van der Waals surface area contributed by atoms with Crippen LogP contribution >= 0.6 is 11.3 Å². The van der Waals surface area contributed by atoms with Gasteiger partial charge >= 0.3 is 0 Å². The molecule has 0 aliphatic heterocycles. The predicted molar refractivity (Wildman–Crippen MR) is 129 cm³/mol. The van der Waals surface area contributed by atoms with Crippen LogP contribution in [0.1, 0.15) is 42.7 Å². The Labute approximate surface area is 190 Å². The maximum absolute atomic E-state index is 13.4. The average Bonchev–Trinajstić information content (AvgIpc) is 3.20. The highest BCUT2D eigenvalue weighted by Gasteiger charge is 2.15. The van der Waals surface area contributed by atoms with Crippen molar-refractivity contribution in [3.05, 3.63) is 91.2 Å². The van der Waals surface area contributed by atoms with Crippen molar-refractivity contribution in [2.75, 3.05) is 6.61 Å². The third kappa shape index (κ3) is 4.83. The number of aryl methyl sites for hydroxylation is 1. The van der Waals surface area contributed by atoms with Gasteiger partial charge in [0.05, 0.1) is 18.5 Å². The molecule has 1 aromatic carbocycles. The van der Waals surface area contributed by atoms with E-state index in [1.54, 1.807) is 22.1 Å². The van der Waals surface area contributed by atoms with Crippen molar-refractivity contribution >= 4 is 21.6 Å². The zero-order chi connectivity index (χ0) is 22.7. The fourth-order valence-electron chi connectivity index (χ4n) is 3.49. The Kier molecular flexibility index (Phi) is 6.55. The summed E-state index contributed by atoms with van der Waals surface area (Å²) in [4.78, 5) is 35.8. The van der Waals surface area contributed by atoms with Gasteiger partial charge in [-0.1, -0.05) is 51.1 Å². The minimum atomic E-state index is -0.199. The lowest BCUT2D eigenvalue weighted by Gasteiger charge is -2.13. The van der Waals surface area contributed by atoms with Gasteiger partial charge in [0.2, 0.25) is 5.43 Å². The molecule has 0 amide bonds. The molecule has 4 rings (SSSR count). The highest BCUT2D eigenvalue weighted by molar-refractivity contribution is 7.18. The molecule has 0 aliphatic rings. The van der Waals surface area contributed by atoms with Crippen molar-refractivity contribution in [2.24, 2.45) is 5.92 Å². The van der Waals surface area contributed by atoms with Gasteiger partial charge in [-0.25, -0.2) is 4.98 Å². The summed E-state index contributed by atoms with van der Waals surface area (Å²) in [5.41, 5.74) is 1.42. The minimum Gasteiger partial charge on any atom is -0.488 e. The molecule has 0 radical (unpaired) electrons. The third-order valence-corrected chi connectivity index (χ3v) is 6.35. The lowest BCUT2D eigenvalue weighted by atomic mass is 10.1. The van der Waals surface area contributed by atoms with E-state index in [9.17, 15) is 9.59 Å². The van der Waals surface area contributed by atoms with Crippen LogP contribution in [0.3, 0.4) is 0 Å². The van der Waals surface area contributed by atoms with Crippen molar-refractivity contribution < 1.29 is 4.74 Å². The second-order valence-electron chi connectivity index (χ2n) is 8.26. The number of rotatable bonds is 8. The molecule has 3 heterocycles. The van der Waals surface area contributed by atoms with E-state index < -0.39 is 0 Å². The fraction of sp³-hybridized carbons (Fsp3) is 0.320. The first-order valence-corrected chi connectivity index (χ1v) is 11.7. The van der Waals surface area contributed by atoms with Crippen LogP contribution in [0.4, 0.5) is 0 Å². The molecule has 6 nitrogen and oxygen atoms in total. The number of H-pyrrole nitrogens is 1. The molecule has 3 aromatic heterocycles. The van der Waals surface area contributed by atoms with Crippen molar-refractivity contribution in [1.29, 1.82) is 0 Å². The average molecular weight is 450 g/mol. The second kappa shape index (κ2) is 9.53. The topological polar surface area (TPSA) is 77.0 Å². The lowest BCUT2D eigenvalue weighted by Crippen LogP contribution is -2.26. The van der Waals surface area contributed by atoms with E-state index >= 15 is 0 Å². The number of hydrogen-bond acceptors (Lipinski definition) is 5. The Morgan fingerprint density at radius 2 is 1.94 bits per heavy atom. The number of aromatic amines is 1. The van der Waals surface area contributed by atoms with Crippen LogP contribution in [0.2, 0.25) is 0 Å². The van der Waals surface area contributed by atoms with Gasteiger partial charge in [0.25, 0.3) is 5.56 Å². The summed E-state index contributed by atoms with van der Waals surface area (Å²) in [6.45, 7) is 6.84. The summed E-state index contributed by atoms with van der Waals surface area (Å²) < 4.78 is 7.25. The van der Waals surface area contributed by atoms with Gasteiger partial charge in [-0.05, 0) is 24.0 Å². The summed E-state index contributed by atoms with van der Waals surface area (Å²) in [6.07, 6.45) is 2.97. The van der Waals surface area contributed by atoms with Gasteiger partial charge < -0.3 is 9.72 Å². The molecule has 0 fully saturated rings. The van der Waals surface area contributed by atoms with Gasteiger partial charge in [0, 0.05) is 29.3 Å². The summed E-state index contributed by atoms with van der Waals surface area (Å²) >= 11 is 1.56. The van der Waals surface area contributed by atoms with E-state index in [0.29, 0.717) is 41.6 Å². The summed E-state index contributed by atoms with van der Waals surface area (Å²) in [6, 6.07) is 13.4. The molecular formula is C25H27N3O3S. The molecule has 0 bridgehead atoms. The van der Waals surface area contributed by atoms with Crippen LogP contribution in [-0.2, 0) is 19.4 Å². The Hall–Kier alpha value is -3.19. The first kappa shape index (κ1) is 22.0. The van der Waals surface area contributed by atoms with Gasteiger partial charge in [0.1, 0.15) is 10.7 Å². The Balaban J connectivity index is 1.74. The number of thiophene rings is 1. The van der Waals surface area contributed by atoms with Crippen LogP contribution in [0.15, 0.2) is 58.3 Å². The number of pyridine rings is 1. The molecule has 4 aromatic rings. The quantitative estimate of drug-likeness (QED) is 0.433. The SMILES string of the molecule is CCc1cc2c(=O)n(Cc3cc(=O)c(OCC(C)C)c[nH]3)c(Cc3ccccc3)nc2s1. The molecule has 166 valence electrons. The molecule has 1 N–H and O–H groups in total. The first-order valence-electron chi connectivity index (χ1n) is 10.8. The molecule has 0 atom stereocenters. The molecule has 0 aliphatic carbocycles. The largest absolute Gasteiger partial charge is 0.488 e. The number of nitrogens with one attached hydrogen (secondary N) is 1. The van der Waals surface area contributed by atoms with E-state index in [1.807, 2.05) is 50.2 Å².